The number of nitrogens with one attached hydrogen (secondary N) is 2. The van der Waals surface area contributed by atoms with Crippen molar-refractivity contribution in [2.75, 3.05) is 13.7 Å². The molecular formula is C17H24N2O3. The first-order chi connectivity index (χ1) is 10.5. The highest BCUT2D eigenvalue weighted by Crippen LogP contribution is 2.31. The Hall–Kier alpha value is -1.88. The maximum Gasteiger partial charge on any atom is 0.255 e. The summed E-state index contributed by atoms with van der Waals surface area (Å²) in [6.07, 6.45) is 1.13. The summed E-state index contributed by atoms with van der Waals surface area (Å²) >= 11 is 0. The molecule has 0 aliphatic carbocycles. The topological polar surface area (TPSA) is 70.7 Å². The van der Waals surface area contributed by atoms with Crippen LogP contribution in [0.25, 0.3) is 0 Å². The predicted molar refractivity (Wildman–Crippen MR) is 84.3 cm³/mol. The SMILES string of the molecule is CNC(=O)[C@H](CC(C)C)NC(=O)[C@]1(Cc2ccccc2)CO1. The highest BCUT2D eigenvalue weighted by Gasteiger charge is 2.52. The summed E-state index contributed by atoms with van der Waals surface area (Å²) in [6, 6.07) is 9.25. The van der Waals surface area contributed by atoms with Crippen LogP contribution in [0.2, 0.25) is 0 Å². The third-order valence-electron chi connectivity index (χ3n) is 3.81. The molecule has 1 aliphatic heterocycles. The molecule has 0 unspecified atom stereocenters. The van der Waals surface area contributed by atoms with Crippen LogP contribution in [0.1, 0.15) is 25.8 Å². The molecule has 5 heteroatoms. The van der Waals surface area contributed by atoms with Crippen molar-refractivity contribution in [3.63, 3.8) is 0 Å². The van der Waals surface area contributed by atoms with E-state index < -0.39 is 11.6 Å². The Morgan fingerprint density at radius 3 is 2.41 bits per heavy atom. The summed E-state index contributed by atoms with van der Waals surface area (Å²) in [7, 11) is 1.58. The maximum atomic E-state index is 12.5. The van der Waals surface area contributed by atoms with Crippen LogP contribution in [0, 0.1) is 5.92 Å². The fourth-order valence-electron chi connectivity index (χ4n) is 2.49. The van der Waals surface area contributed by atoms with E-state index in [0.717, 1.165) is 5.56 Å². The molecule has 1 saturated heterocycles. The molecule has 0 spiro atoms. The monoisotopic (exact) mass is 304 g/mol. The van der Waals surface area contributed by atoms with Gasteiger partial charge in [0.1, 0.15) is 6.04 Å². The predicted octanol–water partition coefficient (Wildman–Crippen LogP) is 1.27. The zero-order valence-electron chi connectivity index (χ0n) is 13.4. The molecule has 5 nitrogen and oxygen atoms in total. The molecule has 1 fully saturated rings. The van der Waals surface area contributed by atoms with Crippen molar-refractivity contribution in [2.24, 2.45) is 5.92 Å². The highest BCUT2D eigenvalue weighted by atomic mass is 16.6. The van der Waals surface area contributed by atoms with Gasteiger partial charge in [-0.2, -0.15) is 0 Å². The van der Waals surface area contributed by atoms with E-state index in [1.54, 1.807) is 7.05 Å². The number of likely N-dealkylation sites (N-methyl/N-ethyl adjacent to an activating group) is 1. The number of hydrogen-bond acceptors (Lipinski definition) is 3. The van der Waals surface area contributed by atoms with Gasteiger partial charge in [0.2, 0.25) is 5.91 Å². The summed E-state index contributed by atoms with van der Waals surface area (Å²) in [5.41, 5.74) is 0.237. The first-order valence-corrected chi connectivity index (χ1v) is 7.67. The van der Waals surface area contributed by atoms with Crippen LogP contribution in [-0.4, -0.2) is 37.1 Å². The van der Waals surface area contributed by atoms with Crippen molar-refractivity contribution in [3.05, 3.63) is 35.9 Å². The fraction of sp³-hybridized carbons (Fsp3) is 0.529. The van der Waals surface area contributed by atoms with Crippen LogP contribution in [0.4, 0.5) is 0 Å². The second-order valence-corrected chi connectivity index (χ2v) is 6.22. The van der Waals surface area contributed by atoms with Crippen molar-refractivity contribution in [3.8, 4) is 0 Å². The molecule has 1 aliphatic rings. The Morgan fingerprint density at radius 2 is 1.91 bits per heavy atom. The van der Waals surface area contributed by atoms with Gasteiger partial charge >= 0.3 is 0 Å². The second-order valence-electron chi connectivity index (χ2n) is 6.22. The number of carbonyl (C=O) groups excluding carboxylic acids is 2. The number of hydrogen-bond donors (Lipinski definition) is 2. The lowest BCUT2D eigenvalue weighted by atomic mass is 9.97. The number of benzene rings is 1. The van der Waals surface area contributed by atoms with Crippen molar-refractivity contribution in [1.29, 1.82) is 0 Å². The van der Waals surface area contributed by atoms with Crippen LogP contribution >= 0.6 is 0 Å². The molecule has 2 atom stereocenters. The van der Waals surface area contributed by atoms with Gasteiger partial charge in [0, 0.05) is 13.5 Å². The van der Waals surface area contributed by atoms with Crippen molar-refractivity contribution in [1.82, 2.24) is 10.6 Å². The van der Waals surface area contributed by atoms with Gasteiger partial charge in [-0.15, -0.1) is 0 Å². The van der Waals surface area contributed by atoms with Crippen LogP contribution in [0.3, 0.4) is 0 Å². The number of amides is 2. The first kappa shape index (κ1) is 16.5. The number of ether oxygens (including phenoxy) is 1. The van der Waals surface area contributed by atoms with Gasteiger partial charge in [-0.05, 0) is 17.9 Å². The third-order valence-corrected chi connectivity index (χ3v) is 3.81. The van der Waals surface area contributed by atoms with E-state index in [2.05, 4.69) is 10.6 Å². The molecule has 0 aromatic heterocycles. The molecule has 1 aromatic rings. The van der Waals surface area contributed by atoms with E-state index >= 15 is 0 Å². The number of epoxide rings is 1. The van der Waals surface area contributed by atoms with Crippen LogP contribution < -0.4 is 10.6 Å². The molecule has 0 saturated carbocycles. The molecule has 0 radical (unpaired) electrons. The first-order valence-electron chi connectivity index (χ1n) is 7.67. The minimum absolute atomic E-state index is 0.169. The van der Waals surface area contributed by atoms with Gasteiger partial charge in [-0.25, -0.2) is 0 Å². The van der Waals surface area contributed by atoms with Gasteiger partial charge in [-0.1, -0.05) is 44.2 Å². The lowest BCUT2D eigenvalue weighted by Crippen LogP contribution is -2.51. The molecule has 1 aromatic carbocycles. The Kier molecular flexibility index (Phi) is 5.19. The molecule has 2 amide bonds. The molecule has 2 N–H and O–H groups in total. The summed E-state index contributed by atoms with van der Waals surface area (Å²) in [5, 5.41) is 5.45. The fourth-order valence-corrected chi connectivity index (χ4v) is 2.49. The van der Waals surface area contributed by atoms with Gasteiger partial charge < -0.3 is 15.4 Å². The minimum atomic E-state index is -0.815. The molecule has 1 heterocycles. The molecule has 2 rings (SSSR count). The third kappa shape index (κ3) is 4.07. The van der Waals surface area contributed by atoms with E-state index in [1.807, 2.05) is 44.2 Å². The molecular weight excluding hydrogens is 280 g/mol. The van der Waals surface area contributed by atoms with E-state index in [-0.39, 0.29) is 11.8 Å². The standard InChI is InChI=1S/C17H24N2O3/c1-12(2)9-14(15(20)18-3)19-16(21)17(11-22-17)10-13-7-5-4-6-8-13/h4-8,12,14H,9-11H2,1-3H3,(H,18,20)(H,19,21)/t14-,17-/m0/s1. The van der Waals surface area contributed by atoms with Crippen molar-refractivity contribution in [2.45, 2.75) is 38.3 Å². The maximum absolute atomic E-state index is 12.5. The lowest BCUT2D eigenvalue weighted by Gasteiger charge is -2.21. The minimum Gasteiger partial charge on any atom is -0.359 e. The van der Waals surface area contributed by atoms with Crippen molar-refractivity contribution < 1.29 is 14.3 Å². The average Bonchev–Trinajstić information content (AvgIpc) is 3.27. The van der Waals surface area contributed by atoms with Crippen LogP contribution in [0.5, 0.6) is 0 Å². The number of rotatable bonds is 7. The largest absolute Gasteiger partial charge is 0.359 e. The van der Waals surface area contributed by atoms with Gasteiger partial charge in [0.05, 0.1) is 6.61 Å². The zero-order valence-corrected chi connectivity index (χ0v) is 13.4. The quantitative estimate of drug-likeness (QED) is 0.745. The second kappa shape index (κ2) is 6.92. The molecule has 22 heavy (non-hydrogen) atoms. The van der Waals surface area contributed by atoms with Gasteiger partial charge in [0.25, 0.3) is 5.91 Å². The van der Waals surface area contributed by atoms with E-state index in [1.165, 1.54) is 0 Å². The molecule has 120 valence electrons. The lowest BCUT2D eigenvalue weighted by molar-refractivity contribution is -0.132. The Bertz CT molecular complexity index is 524. The summed E-state index contributed by atoms with van der Waals surface area (Å²) < 4.78 is 5.44. The van der Waals surface area contributed by atoms with E-state index in [9.17, 15) is 9.59 Å². The van der Waals surface area contributed by atoms with E-state index in [4.69, 9.17) is 4.74 Å². The molecule has 0 bridgehead atoms. The summed E-state index contributed by atoms with van der Waals surface area (Å²) in [4.78, 5) is 24.4. The zero-order chi connectivity index (χ0) is 16.2. The Morgan fingerprint density at radius 1 is 1.27 bits per heavy atom. The average molecular weight is 304 g/mol. The smallest absolute Gasteiger partial charge is 0.255 e. The Balaban J connectivity index is 2.01. The normalized spacial score (nSPS) is 21.3. The van der Waals surface area contributed by atoms with Crippen molar-refractivity contribution >= 4 is 11.8 Å². The Labute approximate surface area is 131 Å². The summed E-state index contributed by atoms with van der Waals surface area (Å²) in [6.45, 7) is 4.45. The van der Waals surface area contributed by atoms with Crippen LogP contribution in [-0.2, 0) is 20.7 Å². The number of carbonyl (C=O) groups is 2. The highest BCUT2D eigenvalue weighted by molar-refractivity contribution is 5.93. The van der Waals surface area contributed by atoms with Gasteiger partial charge in [0.15, 0.2) is 5.60 Å². The van der Waals surface area contributed by atoms with E-state index in [0.29, 0.717) is 25.4 Å². The van der Waals surface area contributed by atoms with Gasteiger partial charge in [-0.3, -0.25) is 9.59 Å². The summed E-state index contributed by atoms with van der Waals surface area (Å²) in [5.74, 6) is -0.0593. The van der Waals surface area contributed by atoms with Crippen LogP contribution in [0.15, 0.2) is 30.3 Å².